The topological polar surface area (TPSA) is 57.2 Å². The summed E-state index contributed by atoms with van der Waals surface area (Å²) in [5.41, 5.74) is 0. The zero-order valence-electron chi connectivity index (χ0n) is 12.1. The molecular formula is C12H28FNO3S. The Kier molecular flexibility index (Phi) is 12.0. The third kappa shape index (κ3) is 10.9. The molecule has 0 N–H and O–H groups in total. The molecule has 0 heterocycles. The highest BCUT2D eigenvalue weighted by Crippen LogP contribution is 2.03. The summed E-state index contributed by atoms with van der Waals surface area (Å²) in [7, 11) is -4.11. The predicted molar refractivity (Wildman–Crippen MR) is 72.2 cm³/mol. The van der Waals surface area contributed by atoms with Gasteiger partial charge >= 0.3 is 0 Å². The molecule has 0 aromatic heterocycles. The molecule has 0 saturated carbocycles. The molecule has 112 valence electrons. The van der Waals surface area contributed by atoms with Gasteiger partial charge in [0, 0.05) is 5.75 Å². The van der Waals surface area contributed by atoms with Crippen molar-refractivity contribution >= 4 is 10.1 Å². The summed E-state index contributed by atoms with van der Waals surface area (Å²) in [4.78, 5) is 0. The van der Waals surface area contributed by atoms with Crippen molar-refractivity contribution in [3.63, 3.8) is 0 Å². The zero-order valence-corrected chi connectivity index (χ0v) is 12.9. The largest absolute Gasteiger partial charge is 0.748 e. The van der Waals surface area contributed by atoms with Crippen LogP contribution in [-0.2, 0) is 10.1 Å². The van der Waals surface area contributed by atoms with Crippen LogP contribution in [0.5, 0.6) is 0 Å². The SMILES string of the molecule is CC[N+](CC)(CC)CC.O=S(=O)([O-])CCCCF. The van der Waals surface area contributed by atoms with Crippen LogP contribution in [0.15, 0.2) is 0 Å². The van der Waals surface area contributed by atoms with E-state index in [1.807, 2.05) is 0 Å². The van der Waals surface area contributed by atoms with E-state index in [1.54, 1.807) is 0 Å². The van der Waals surface area contributed by atoms with Crippen LogP contribution in [0.1, 0.15) is 40.5 Å². The minimum atomic E-state index is -4.11. The number of hydrogen-bond acceptors (Lipinski definition) is 3. The van der Waals surface area contributed by atoms with Crippen LogP contribution in [-0.4, -0.2) is 56.1 Å². The fraction of sp³-hybridized carbons (Fsp3) is 1.00. The third-order valence-corrected chi connectivity index (χ3v) is 4.25. The molecule has 0 aromatic rings. The summed E-state index contributed by atoms with van der Waals surface area (Å²) in [6, 6.07) is 0. The molecule has 0 atom stereocenters. The predicted octanol–water partition coefficient (Wildman–Crippen LogP) is 2.16. The molecule has 0 rings (SSSR count). The van der Waals surface area contributed by atoms with E-state index in [0.29, 0.717) is 0 Å². The lowest BCUT2D eigenvalue weighted by molar-refractivity contribution is -0.921. The molecule has 0 amide bonds. The number of nitrogens with zero attached hydrogens (tertiary/aromatic N) is 1. The molecule has 6 heteroatoms. The quantitative estimate of drug-likeness (QED) is 0.390. The molecule has 0 aliphatic heterocycles. The number of alkyl halides is 1. The first-order valence-electron chi connectivity index (χ1n) is 6.65. The summed E-state index contributed by atoms with van der Waals surface area (Å²) >= 11 is 0. The van der Waals surface area contributed by atoms with Crippen LogP contribution < -0.4 is 0 Å². The molecule has 18 heavy (non-hydrogen) atoms. The molecule has 0 bridgehead atoms. The second-order valence-corrected chi connectivity index (χ2v) is 5.79. The van der Waals surface area contributed by atoms with Crippen molar-refractivity contribution in [2.24, 2.45) is 0 Å². The standard InChI is InChI=1S/C8H20N.C4H9FO3S/c1-5-9(6-2,7-3)8-4;5-3-1-2-4-9(6,7)8/h5-8H2,1-4H3;1-4H2,(H,6,7,8)/q+1;/p-1. The first-order chi connectivity index (χ1) is 8.30. The lowest BCUT2D eigenvalue weighted by Crippen LogP contribution is -2.47. The lowest BCUT2D eigenvalue weighted by Gasteiger charge is -2.34. The first-order valence-corrected chi connectivity index (χ1v) is 8.23. The van der Waals surface area contributed by atoms with E-state index in [4.69, 9.17) is 0 Å². The van der Waals surface area contributed by atoms with E-state index in [2.05, 4.69) is 27.7 Å². The third-order valence-electron chi connectivity index (χ3n) is 3.46. The summed E-state index contributed by atoms with van der Waals surface area (Å²) in [5, 5.41) is 0. The van der Waals surface area contributed by atoms with Gasteiger partial charge in [-0.3, -0.25) is 4.39 Å². The second kappa shape index (κ2) is 10.7. The normalized spacial score (nSPS) is 11.9. The van der Waals surface area contributed by atoms with Gasteiger partial charge in [-0.05, 0) is 40.5 Å². The van der Waals surface area contributed by atoms with E-state index in [0.717, 1.165) is 0 Å². The van der Waals surface area contributed by atoms with Gasteiger partial charge in [0.25, 0.3) is 0 Å². The van der Waals surface area contributed by atoms with Gasteiger partial charge in [-0.2, -0.15) is 0 Å². The Balaban J connectivity index is 0. The van der Waals surface area contributed by atoms with E-state index < -0.39 is 22.5 Å². The Morgan fingerprint density at radius 2 is 1.33 bits per heavy atom. The van der Waals surface area contributed by atoms with Crippen molar-refractivity contribution in [2.75, 3.05) is 38.6 Å². The van der Waals surface area contributed by atoms with Gasteiger partial charge in [0.2, 0.25) is 0 Å². The summed E-state index contributed by atoms with van der Waals surface area (Å²) < 4.78 is 42.0. The molecule has 0 aromatic carbocycles. The smallest absolute Gasteiger partial charge is 0.0945 e. The summed E-state index contributed by atoms with van der Waals surface area (Å²) in [6.45, 7) is 13.7. The Labute approximate surface area is 112 Å². The maximum atomic E-state index is 11.3. The molecular weight excluding hydrogens is 257 g/mol. The summed E-state index contributed by atoms with van der Waals surface area (Å²) in [6.07, 6.45) is 0.282. The molecule has 0 fully saturated rings. The zero-order chi connectivity index (χ0) is 14.7. The van der Waals surface area contributed by atoms with E-state index >= 15 is 0 Å². The average Bonchev–Trinajstić information content (AvgIpc) is 2.32. The van der Waals surface area contributed by atoms with Gasteiger partial charge in [0.05, 0.1) is 43.0 Å². The molecule has 0 unspecified atom stereocenters. The Morgan fingerprint density at radius 3 is 1.50 bits per heavy atom. The van der Waals surface area contributed by atoms with Gasteiger partial charge in [-0.1, -0.05) is 0 Å². The maximum absolute atomic E-state index is 11.3. The van der Waals surface area contributed by atoms with Crippen LogP contribution in [0.3, 0.4) is 0 Å². The first kappa shape index (κ1) is 20.1. The Bertz CT molecular complexity index is 260. The van der Waals surface area contributed by atoms with Gasteiger partial charge in [0.15, 0.2) is 0 Å². The molecule has 4 nitrogen and oxygen atoms in total. The number of hydrogen-bond donors (Lipinski definition) is 0. The van der Waals surface area contributed by atoms with E-state index in [-0.39, 0.29) is 12.8 Å². The van der Waals surface area contributed by atoms with E-state index in [1.165, 1.54) is 30.7 Å². The van der Waals surface area contributed by atoms with Crippen molar-refractivity contribution in [1.29, 1.82) is 0 Å². The van der Waals surface area contributed by atoms with Crippen LogP contribution in [0.4, 0.5) is 4.39 Å². The van der Waals surface area contributed by atoms with Gasteiger partial charge in [-0.15, -0.1) is 0 Å². The van der Waals surface area contributed by atoms with E-state index in [9.17, 15) is 17.4 Å². The molecule has 0 saturated heterocycles. The number of rotatable bonds is 8. The van der Waals surface area contributed by atoms with Crippen LogP contribution >= 0.6 is 0 Å². The van der Waals surface area contributed by atoms with Crippen molar-refractivity contribution in [3.05, 3.63) is 0 Å². The molecule has 0 aliphatic carbocycles. The van der Waals surface area contributed by atoms with Gasteiger partial charge in [0.1, 0.15) is 0 Å². The second-order valence-electron chi connectivity index (χ2n) is 4.26. The minimum Gasteiger partial charge on any atom is -0.748 e. The highest BCUT2D eigenvalue weighted by atomic mass is 32.2. The van der Waals surface area contributed by atoms with Crippen molar-refractivity contribution < 1.29 is 21.8 Å². The van der Waals surface area contributed by atoms with Gasteiger partial charge in [-0.25, -0.2) is 8.42 Å². The van der Waals surface area contributed by atoms with Gasteiger partial charge < -0.3 is 9.04 Å². The number of unbranched alkanes of at least 4 members (excludes halogenated alkanes) is 1. The van der Waals surface area contributed by atoms with Crippen LogP contribution in [0, 0.1) is 0 Å². The monoisotopic (exact) mass is 285 g/mol. The highest BCUT2D eigenvalue weighted by Gasteiger charge is 2.16. The van der Waals surface area contributed by atoms with Crippen LogP contribution in [0.25, 0.3) is 0 Å². The Hall–Kier alpha value is -0.200. The number of halogens is 1. The summed E-state index contributed by atoms with van der Waals surface area (Å²) in [5.74, 6) is -0.448. The molecule has 0 spiro atoms. The molecule has 0 radical (unpaired) electrons. The van der Waals surface area contributed by atoms with Crippen molar-refractivity contribution in [3.8, 4) is 0 Å². The number of quaternary nitrogens is 1. The highest BCUT2D eigenvalue weighted by molar-refractivity contribution is 7.85. The minimum absolute atomic E-state index is 0.127. The van der Waals surface area contributed by atoms with Crippen molar-refractivity contribution in [1.82, 2.24) is 0 Å². The molecule has 0 aliphatic rings. The van der Waals surface area contributed by atoms with Crippen LogP contribution in [0.2, 0.25) is 0 Å². The Morgan fingerprint density at radius 1 is 0.944 bits per heavy atom. The fourth-order valence-electron chi connectivity index (χ4n) is 1.71. The maximum Gasteiger partial charge on any atom is 0.0945 e. The van der Waals surface area contributed by atoms with Crippen molar-refractivity contribution in [2.45, 2.75) is 40.5 Å². The fourth-order valence-corrected chi connectivity index (χ4v) is 2.27. The average molecular weight is 285 g/mol. The lowest BCUT2D eigenvalue weighted by atomic mass is 10.3.